The van der Waals surface area contributed by atoms with Gasteiger partial charge in [0.1, 0.15) is 0 Å². The van der Waals surface area contributed by atoms with Gasteiger partial charge in [-0.15, -0.1) is 12.4 Å². The number of anilines is 1. The van der Waals surface area contributed by atoms with E-state index in [9.17, 15) is 0 Å². The van der Waals surface area contributed by atoms with Crippen molar-refractivity contribution in [3.8, 4) is 6.07 Å². The molecule has 0 bridgehead atoms. The Morgan fingerprint density at radius 1 is 1.19 bits per heavy atom. The van der Waals surface area contributed by atoms with Gasteiger partial charge in [0, 0.05) is 19.1 Å². The normalized spacial score (nSPS) is 18.0. The van der Waals surface area contributed by atoms with Crippen LogP contribution < -0.4 is 10.6 Å². The second kappa shape index (κ2) is 7.99. The van der Waals surface area contributed by atoms with E-state index in [1.165, 1.54) is 0 Å². The van der Waals surface area contributed by atoms with E-state index in [1.807, 2.05) is 30.3 Å². The van der Waals surface area contributed by atoms with Crippen LogP contribution in [0.1, 0.15) is 36.9 Å². The van der Waals surface area contributed by atoms with Crippen molar-refractivity contribution >= 4 is 29.4 Å². The molecule has 5 nitrogen and oxygen atoms in total. The summed E-state index contributed by atoms with van der Waals surface area (Å²) in [4.78, 5) is 7.25. The first kappa shape index (κ1) is 19.2. The van der Waals surface area contributed by atoms with Gasteiger partial charge >= 0.3 is 0 Å². The number of rotatable bonds is 3. The second-order valence-corrected chi connectivity index (χ2v) is 7.03. The fraction of sp³-hybridized carbons (Fsp3) is 0.333. The molecule has 2 heterocycles. The first-order chi connectivity index (χ1) is 12.7. The number of nitriles is 1. The molecule has 2 aromatic carbocycles. The summed E-state index contributed by atoms with van der Waals surface area (Å²) >= 11 is 0. The van der Waals surface area contributed by atoms with Crippen molar-refractivity contribution in [2.75, 3.05) is 18.0 Å². The van der Waals surface area contributed by atoms with Crippen LogP contribution in [0.4, 0.5) is 5.95 Å². The van der Waals surface area contributed by atoms with Gasteiger partial charge in [-0.1, -0.05) is 24.3 Å². The maximum absolute atomic E-state index is 9.05. The van der Waals surface area contributed by atoms with Crippen LogP contribution >= 0.6 is 12.4 Å². The Hall–Kier alpha value is -2.55. The van der Waals surface area contributed by atoms with Crippen molar-refractivity contribution in [1.82, 2.24) is 9.55 Å². The number of para-hydroxylation sites is 2. The van der Waals surface area contributed by atoms with Crippen LogP contribution in [-0.4, -0.2) is 28.7 Å². The van der Waals surface area contributed by atoms with E-state index in [0.29, 0.717) is 5.56 Å². The Labute approximate surface area is 165 Å². The Morgan fingerprint density at radius 2 is 1.93 bits per heavy atom. The lowest BCUT2D eigenvalue weighted by Crippen LogP contribution is -2.44. The number of hydrogen-bond donors (Lipinski definition) is 1. The van der Waals surface area contributed by atoms with Crippen molar-refractivity contribution in [3.05, 3.63) is 59.7 Å². The van der Waals surface area contributed by atoms with E-state index < -0.39 is 0 Å². The number of nitrogens with two attached hydrogens (primary N) is 1. The molecule has 1 aliphatic rings. The molecule has 0 saturated carbocycles. The molecule has 0 unspecified atom stereocenters. The fourth-order valence-corrected chi connectivity index (χ4v) is 3.81. The molecule has 0 spiro atoms. The highest BCUT2D eigenvalue weighted by Crippen LogP contribution is 2.31. The summed E-state index contributed by atoms with van der Waals surface area (Å²) in [5.74, 6) is 0.984. The highest BCUT2D eigenvalue weighted by molar-refractivity contribution is 5.85. The smallest absolute Gasteiger partial charge is 0.207 e. The lowest BCUT2D eigenvalue weighted by Gasteiger charge is -2.33. The molecule has 2 N–H and O–H groups in total. The number of imidazole rings is 1. The van der Waals surface area contributed by atoms with Gasteiger partial charge in [-0.05, 0) is 49.6 Å². The molecule has 1 aromatic heterocycles. The fourth-order valence-electron chi connectivity index (χ4n) is 3.81. The number of fused-ring (bicyclic) bond motifs is 1. The van der Waals surface area contributed by atoms with Crippen molar-refractivity contribution in [3.63, 3.8) is 0 Å². The van der Waals surface area contributed by atoms with Gasteiger partial charge in [0.2, 0.25) is 5.95 Å². The molecule has 0 amide bonds. The van der Waals surface area contributed by atoms with Crippen molar-refractivity contribution in [2.45, 2.75) is 31.8 Å². The molecule has 27 heavy (non-hydrogen) atoms. The molecule has 140 valence electrons. The van der Waals surface area contributed by atoms with Crippen molar-refractivity contribution < 1.29 is 0 Å². The van der Waals surface area contributed by atoms with E-state index in [4.69, 9.17) is 16.0 Å². The van der Waals surface area contributed by atoms with Gasteiger partial charge < -0.3 is 15.2 Å². The van der Waals surface area contributed by atoms with E-state index in [1.54, 1.807) is 0 Å². The zero-order valence-corrected chi connectivity index (χ0v) is 16.2. The van der Waals surface area contributed by atoms with Crippen molar-refractivity contribution in [2.24, 2.45) is 5.73 Å². The molecule has 4 rings (SSSR count). The van der Waals surface area contributed by atoms with E-state index in [2.05, 4.69) is 40.7 Å². The predicted molar refractivity (Wildman–Crippen MR) is 111 cm³/mol. The number of benzene rings is 2. The largest absolute Gasteiger partial charge is 0.341 e. The molecular weight excluding hydrogens is 358 g/mol. The van der Waals surface area contributed by atoms with Gasteiger partial charge in [-0.2, -0.15) is 5.26 Å². The Balaban J connectivity index is 0.00000210. The van der Waals surface area contributed by atoms with Crippen LogP contribution in [0.3, 0.4) is 0 Å². The topological polar surface area (TPSA) is 70.9 Å². The molecule has 2 atom stereocenters. The molecule has 0 radical (unpaired) electrons. The third kappa shape index (κ3) is 3.64. The quantitative estimate of drug-likeness (QED) is 0.747. The van der Waals surface area contributed by atoms with Gasteiger partial charge in [0.05, 0.1) is 28.7 Å². The summed E-state index contributed by atoms with van der Waals surface area (Å²) < 4.78 is 2.30. The van der Waals surface area contributed by atoms with Gasteiger partial charge in [-0.3, -0.25) is 0 Å². The summed E-state index contributed by atoms with van der Waals surface area (Å²) in [6.45, 7) is 4.00. The number of hydrogen-bond acceptors (Lipinski definition) is 4. The Morgan fingerprint density at radius 3 is 2.63 bits per heavy atom. The minimum atomic E-state index is 0. The minimum Gasteiger partial charge on any atom is -0.341 e. The van der Waals surface area contributed by atoms with Crippen LogP contribution in [-0.2, 0) is 0 Å². The standard InChI is InChI=1S/C21H23N5.ClH/c1-15(17-10-8-16(13-22)9-11-17)26-20-7-3-2-6-19(20)24-21(26)25-12-4-5-18(23)14-25;/h2-3,6-11,15,18H,4-5,12,14,23H2,1H3;1H/t15-,18+;/m1./s1. The summed E-state index contributed by atoms with van der Waals surface area (Å²) in [5.41, 5.74) is 10.2. The number of piperidine rings is 1. The van der Waals surface area contributed by atoms with Gasteiger partial charge in [0.15, 0.2) is 0 Å². The maximum atomic E-state index is 9.05. The lowest BCUT2D eigenvalue weighted by molar-refractivity contribution is 0.490. The van der Waals surface area contributed by atoms with Crippen LogP contribution in [0.15, 0.2) is 48.5 Å². The third-order valence-electron chi connectivity index (χ3n) is 5.23. The average molecular weight is 382 g/mol. The minimum absolute atomic E-state index is 0. The second-order valence-electron chi connectivity index (χ2n) is 7.03. The molecule has 3 aromatic rings. The summed E-state index contributed by atoms with van der Waals surface area (Å²) in [5, 5.41) is 9.05. The van der Waals surface area contributed by atoms with E-state index in [0.717, 1.165) is 48.5 Å². The number of halogens is 1. The molecule has 1 saturated heterocycles. The summed E-state index contributed by atoms with van der Waals surface area (Å²) in [6, 6.07) is 18.6. The highest BCUT2D eigenvalue weighted by Gasteiger charge is 2.25. The molecular formula is C21H24ClN5. The molecule has 0 aliphatic carbocycles. The maximum Gasteiger partial charge on any atom is 0.207 e. The Kier molecular flexibility index (Phi) is 5.69. The van der Waals surface area contributed by atoms with E-state index in [-0.39, 0.29) is 24.5 Å². The average Bonchev–Trinajstić information content (AvgIpc) is 3.07. The molecule has 1 aliphatic heterocycles. The first-order valence-electron chi connectivity index (χ1n) is 9.15. The zero-order valence-electron chi connectivity index (χ0n) is 15.4. The number of nitrogens with zero attached hydrogens (tertiary/aromatic N) is 4. The van der Waals surface area contributed by atoms with Crippen LogP contribution in [0.5, 0.6) is 0 Å². The summed E-state index contributed by atoms with van der Waals surface area (Å²) in [6.07, 6.45) is 2.16. The highest BCUT2D eigenvalue weighted by atomic mass is 35.5. The van der Waals surface area contributed by atoms with Gasteiger partial charge in [-0.25, -0.2) is 4.98 Å². The zero-order chi connectivity index (χ0) is 18.1. The number of aromatic nitrogens is 2. The third-order valence-corrected chi connectivity index (χ3v) is 5.23. The summed E-state index contributed by atoms with van der Waals surface area (Å²) in [7, 11) is 0. The SMILES string of the molecule is C[C@H](c1ccc(C#N)cc1)n1c(N2CCC[C@H](N)C2)nc2ccccc21.Cl. The molecule has 1 fully saturated rings. The van der Waals surface area contributed by atoms with E-state index >= 15 is 0 Å². The lowest BCUT2D eigenvalue weighted by atomic mass is 10.1. The van der Waals surface area contributed by atoms with Crippen LogP contribution in [0, 0.1) is 11.3 Å². The predicted octanol–water partition coefficient (Wildman–Crippen LogP) is 3.87. The van der Waals surface area contributed by atoms with Crippen LogP contribution in [0.25, 0.3) is 11.0 Å². The van der Waals surface area contributed by atoms with Crippen molar-refractivity contribution in [1.29, 1.82) is 5.26 Å². The van der Waals surface area contributed by atoms with Crippen LogP contribution in [0.2, 0.25) is 0 Å². The monoisotopic (exact) mass is 381 g/mol. The van der Waals surface area contributed by atoms with Gasteiger partial charge in [0.25, 0.3) is 0 Å². The Bertz CT molecular complexity index is 957. The first-order valence-corrected chi connectivity index (χ1v) is 9.15. The molecule has 6 heteroatoms.